The number of aromatic nitrogens is 6. The number of benzene rings is 5. The summed E-state index contributed by atoms with van der Waals surface area (Å²) in [7, 11) is 4.39. The molecule has 356 valence electrons. The number of hydrogen-bond donors (Lipinski definition) is 4. The number of aryl methyl sites for hydroxylation is 1. The highest BCUT2D eigenvalue weighted by Crippen LogP contribution is 2.37. The van der Waals surface area contributed by atoms with Gasteiger partial charge in [0.2, 0.25) is 5.88 Å². The lowest BCUT2D eigenvalue weighted by Gasteiger charge is -2.14. The Bertz CT molecular complexity index is 3100. The average Bonchev–Trinajstić information content (AvgIpc) is 3.95. The molecule has 5 aromatic carbocycles. The lowest BCUT2D eigenvalue weighted by molar-refractivity contribution is -0.141. The zero-order valence-corrected chi connectivity index (χ0v) is 38.3. The molecule has 69 heavy (non-hydrogen) atoms. The minimum absolute atomic E-state index is 0.0912. The number of fused-ring (bicyclic) bond motifs is 1. The number of carbonyl (C=O) groups excluding carboxylic acids is 2. The van der Waals surface area contributed by atoms with Gasteiger partial charge in [-0.1, -0.05) is 62.7 Å². The molecule has 16 nitrogen and oxygen atoms in total. The third-order valence-corrected chi connectivity index (χ3v) is 10.1. The van der Waals surface area contributed by atoms with E-state index < -0.39 is 29.7 Å². The summed E-state index contributed by atoms with van der Waals surface area (Å²) in [6, 6.07) is 31.5. The van der Waals surface area contributed by atoms with E-state index in [1.807, 2.05) is 37.3 Å². The zero-order chi connectivity index (χ0) is 49.5. The first-order valence-corrected chi connectivity index (χ1v) is 21.0. The third-order valence-electron chi connectivity index (χ3n) is 10.1. The van der Waals surface area contributed by atoms with Crippen molar-refractivity contribution in [1.82, 2.24) is 29.5 Å². The van der Waals surface area contributed by atoms with Crippen molar-refractivity contribution in [3.8, 4) is 40.3 Å². The molecule has 3 heterocycles. The topological polar surface area (TPSA) is 181 Å². The van der Waals surface area contributed by atoms with Gasteiger partial charge < -0.3 is 29.6 Å². The van der Waals surface area contributed by atoms with Crippen molar-refractivity contribution in [3.05, 3.63) is 150 Å². The van der Waals surface area contributed by atoms with Gasteiger partial charge in [0.25, 0.3) is 0 Å². The molecule has 0 saturated heterocycles. The fourth-order valence-electron chi connectivity index (χ4n) is 6.58. The summed E-state index contributed by atoms with van der Waals surface area (Å²) in [6.45, 7) is 8.27. The molecule has 0 aliphatic heterocycles. The second kappa shape index (κ2) is 20.5. The number of rotatable bonds is 11. The van der Waals surface area contributed by atoms with Crippen LogP contribution in [0.4, 0.5) is 50.2 Å². The summed E-state index contributed by atoms with van der Waals surface area (Å²) in [5.74, 6) is 1.57. The largest absolute Gasteiger partial charge is 0.494 e. The van der Waals surface area contributed by atoms with Gasteiger partial charge in [-0.3, -0.25) is 10.6 Å². The van der Waals surface area contributed by atoms with E-state index >= 15 is 0 Å². The molecule has 4 N–H and O–H groups in total. The van der Waals surface area contributed by atoms with Crippen molar-refractivity contribution >= 4 is 46.0 Å². The molecule has 0 fully saturated rings. The Morgan fingerprint density at radius 1 is 0.594 bits per heavy atom. The SMILES string of the molecule is COc1cc(NC(=O)Nc2cc(C(F)(F)F)nn2-c2ccccc2)ccc1F.COc1cc2ncnc(Oc3cccc(NC(=O)Nc4cc(C(C)(C)C)nn4-c4ccc(C)cc4)c3)c2cc1OC. The monoisotopic (exact) mass is 946 g/mol. The fourth-order valence-corrected chi connectivity index (χ4v) is 6.58. The van der Waals surface area contributed by atoms with Crippen molar-refractivity contribution < 1.29 is 46.1 Å². The van der Waals surface area contributed by atoms with Crippen LogP contribution in [0.5, 0.6) is 28.9 Å². The number of anilines is 4. The number of methoxy groups -OCH3 is 3. The fraction of sp³-hybridized carbons (Fsp3) is 0.184. The highest BCUT2D eigenvalue weighted by atomic mass is 19.4. The Morgan fingerprint density at radius 2 is 1.17 bits per heavy atom. The Morgan fingerprint density at radius 3 is 1.78 bits per heavy atom. The van der Waals surface area contributed by atoms with Crippen LogP contribution in [-0.4, -0.2) is 62.9 Å². The summed E-state index contributed by atoms with van der Waals surface area (Å²) in [5, 5.41) is 19.5. The molecule has 0 radical (unpaired) electrons. The summed E-state index contributed by atoms with van der Waals surface area (Å²) in [6.07, 6.45) is -3.26. The van der Waals surface area contributed by atoms with Crippen LogP contribution in [0, 0.1) is 12.7 Å². The lowest BCUT2D eigenvalue weighted by Crippen LogP contribution is -2.21. The molecule has 20 heteroatoms. The molecular formula is C49H46F4N10O6. The lowest BCUT2D eigenvalue weighted by atomic mass is 9.92. The van der Waals surface area contributed by atoms with Crippen LogP contribution in [0.2, 0.25) is 0 Å². The van der Waals surface area contributed by atoms with Crippen LogP contribution in [0.3, 0.4) is 0 Å². The minimum atomic E-state index is -4.68. The van der Waals surface area contributed by atoms with E-state index in [2.05, 4.69) is 57.1 Å². The van der Waals surface area contributed by atoms with Crippen molar-refractivity contribution in [2.24, 2.45) is 0 Å². The van der Waals surface area contributed by atoms with Crippen molar-refractivity contribution in [2.45, 2.75) is 39.3 Å². The maximum atomic E-state index is 13.4. The number of nitrogens with one attached hydrogen (secondary N) is 4. The van der Waals surface area contributed by atoms with Crippen LogP contribution in [-0.2, 0) is 11.6 Å². The number of urea groups is 2. The van der Waals surface area contributed by atoms with Crippen molar-refractivity contribution in [2.75, 3.05) is 42.6 Å². The maximum Gasteiger partial charge on any atom is 0.435 e. The van der Waals surface area contributed by atoms with Crippen LogP contribution < -0.4 is 40.2 Å². The number of nitrogens with zero attached hydrogens (tertiary/aromatic N) is 6. The van der Waals surface area contributed by atoms with Crippen molar-refractivity contribution in [1.29, 1.82) is 0 Å². The van der Waals surface area contributed by atoms with E-state index in [0.29, 0.717) is 51.2 Å². The number of alkyl halides is 3. The summed E-state index contributed by atoms with van der Waals surface area (Å²) in [4.78, 5) is 34.0. The highest BCUT2D eigenvalue weighted by Gasteiger charge is 2.35. The summed E-state index contributed by atoms with van der Waals surface area (Å²) in [5.41, 5.74) is 3.19. The van der Waals surface area contributed by atoms with Crippen molar-refractivity contribution in [3.63, 3.8) is 0 Å². The quantitative estimate of drug-likeness (QED) is 0.0911. The summed E-state index contributed by atoms with van der Waals surface area (Å²) >= 11 is 0. The maximum absolute atomic E-state index is 13.4. The number of ether oxygens (including phenoxy) is 4. The van der Waals surface area contributed by atoms with Gasteiger partial charge in [-0.25, -0.2) is 33.3 Å². The van der Waals surface area contributed by atoms with E-state index in [0.717, 1.165) is 33.8 Å². The normalized spacial score (nSPS) is 11.2. The standard InChI is InChI=1S/C31H32N6O4.C18H14F4N4O2/c1-19-10-12-21(13-11-19)37-28(17-27(36-37)31(2,3)4)35-30(38)34-20-8-7-9-22(14-20)41-29-23-15-25(39-5)26(40-6)16-24(23)32-18-33-29;1-28-14-9-11(7-8-13(14)19)23-17(27)24-16-10-15(18(20,21)22)25-26(16)12-5-3-2-4-6-12/h7-18H,1-6H3,(H2,34,35,38);2-10H,1H3,(H2,23,24,27). The van der Waals surface area contributed by atoms with Crippen LogP contribution >= 0.6 is 0 Å². The number of hydrogen-bond acceptors (Lipinski definition) is 10. The minimum Gasteiger partial charge on any atom is -0.494 e. The van der Waals surface area contributed by atoms with E-state index in [-0.39, 0.29) is 22.7 Å². The van der Waals surface area contributed by atoms with Gasteiger partial charge in [0.1, 0.15) is 23.7 Å². The average molecular weight is 947 g/mol. The second-order valence-electron chi connectivity index (χ2n) is 16.1. The van der Waals surface area contributed by atoms with Gasteiger partial charge in [0.05, 0.1) is 49.3 Å². The molecule has 8 rings (SSSR count). The van der Waals surface area contributed by atoms with Gasteiger partial charge in [-0.05, 0) is 61.5 Å². The van der Waals surface area contributed by atoms with E-state index in [9.17, 15) is 27.2 Å². The number of carbonyl (C=O) groups is 2. The zero-order valence-electron chi connectivity index (χ0n) is 38.3. The van der Waals surface area contributed by atoms with Crippen LogP contribution in [0.1, 0.15) is 37.7 Å². The molecular weight excluding hydrogens is 901 g/mol. The molecule has 0 atom stereocenters. The number of para-hydroxylation sites is 1. The molecule has 8 aromatic rings. The smallest absolute Gasteiger partial charge is 0.435 e. The van der Waals surface area contributed by atoms with Crippen LogP contribution in [0.15, 0.2) is 128 Å². The first kappa shape index (κ1) is 48.3. The molecule has 0 aliphatic rings. The van der Waals surface area contributed by atoms with E-state index in [1.54, 1.807) is 85.6 Å². The van der Waals surface area contributed by atoms with Crippen LogP contribution in [0.25, 0.3) is 22.3 Å². The molecule has 4 amide bonds. The van der Waals surface area contributed by atoms with E-state index in [4.69, 9.17) is 24.0 Å². The molecule has 0 unspecified atom stereocenters. The van der Waals surface area contributed by atoms with E-state index in [1.165, 1.54) is 25.6 Å². The number of amides is 4. The number of halogens is 4. The molecule has 3 aromatic heterocycles. The Balaban J connectivity index is 0.000000219. The summed E-state index contributed by atoms with van der Waals surface area (Å²) < 4.78 is 77.0. The van der Waals surface area contributed by atoms with Gasteiger partial charge in [-0.15, -0.1) is 0 Å². The first-order chi connectivity index (χ1) is 32.9. The van der Waals surface area contributed by atoms with Gasteiger partial charge in [0.15, 0.2) is 28.8 Å². The van der Waals surface area contributed by atoms with Gasteiger partial charge in [0, 0.05) is 47.1 Å². The molecule has 0 bridgehead atoms. The van der Waals surface area contributed by atoms with Gasteiger partial charge in [-0.2, -0.15) is 23.4 Å². The molecule has 0 aliphatic carbocycles. The predicted octanol–water partition coefficient (Wildman–Crippen LogP) is 11.6. The Labute approximate surface area is 393 Å². The third kappa shape index (κ3) is 11.8. The Kier molecular flexibility index (Phi) is 14.3. The first-order valence-electron chi connectivity index (χ1n) is 21.0. The predicted molar refractivity (Wildman–Crippen MR) is 253 cm³/mol. The molecule has 0 saturated carbocycles. The highest BCUT2D eigenvalue weighted by molar-refractivity contribution is 6.00. The second-order valence-corrected chi connectivity index (χ2v) is 16.1. The molecule has 0 spiro atoms. The van der Waals surface area contributed by atoms with Gasteiger partial charge >= 0.3 is 18.2 Å². The Hall–Kier alpha value is -8.68.